The van der Waals surface area contributed by atoms with E-state index >= 15 is 0 Å². The van der Waals surface area contributed by atoms with Gasteiger partial charge in [-0.2, -0.15) is 5.26 Å². The van der Waals surface area contributed by atoms with Gasteiger partial charge in [0.25, 0.3) is 5.82 Å². The number of halogens is 2. The molecule has 0 saturated carbocycles. The molecule has 0 aliphatic rings. The van der Waals surface area contributed by atoms with Gasteiger partial charge >= 0.3 is 5.97 Å². The molecule has 0 aliphatic heterocycles. The van der Waals surface area contributed by atoms with Gasteiger partial charge in [-0.3, -0.25) is 0 Å². The van der Waals surface area contributed by atoms with Gasteiger partial charge in [0, 0.05) is 0 Å². The molecule has 0 saturated heterocycles. The Morgan fingerprint density at radius 2 is 2.05 bits per heavy atom. The Hall–Kier alpha value is -2.82. The Kier molecular flexibility index (Phi) is 3.20. The molecule has 6 nitrogen and oxygen atoms in total. The van der Waals surface area contributed by atoms with E-state index in [-0.39, 0.29) is 11.4 Å². The summed E-state index contributed by atoms with van der Waals surface area (Å²) in [6, 6.07) is 3.34. The molecule has 96 valence electrons. The number of aromatic nitrogens is 3. The highest BCUT2D eigenvalue weighted by molar-refractivity contribution is 5.84. The largest absolute Gasteiger partial charge is 0.463 e. The lowest BCUT2D eigenvalue weighted by Gasteiger charge is -2.04. The van der Waals surface area contributed by atoms with Crippen molar-refractivity contribution in [2.75, 3.05) is 7.11 Å². The summed E-state index contributed by atoms with van der Waals surface area (Å²) in [5.74, 6) is -3.13. The molecule has 0 aliphatic carbocycles. The molecule has 1 aromatic carbocycles. The summed E-state index contributed by atoms with van der Waals surface area (Å²) in [5, 5.41) is 12.2. The number of nitrogens with zero attached hydrogens (tertiary/aromatic N) is 4. The third-order valence-corrected chi connectivity index (χ3v) is 2.23. The number of carbonyl (C=O) groups excluding carboxylic acids is 1. The molecule has 2 rings (SSSR count). The van der Waals surface area contributed by atoms with Crippen LogP contribution in [0.5, 0.6) is 0 Å². The van der Waals surface area contributed by atoms with Crippen molar-refractivity contribution < 1.29 is 18.3 Å². The normalized spacial score (nSPS) is 10.0. The van der Waals surface area contributed by atoms with Crippen LogP contribution in [0, 0.1) is 23.0 Å². The van der Waals surface area contributed by atoms with E-state index in [1.54, 1.807) is 6.07 Å². The molecular formula is C11H6F2N4O2. The zero-order valence-corrected chi connectivity index (χ0v) is 9.59. The lowest BCUT2D eigenvalue weighted by molar-refractivity contribution is 0.0587. The van der Waals surface area contributed by atoms with Gasteiger partial charge in [0.1, 0.15) is 12.0 Å². The predicted octanol–water partition coefficient (Wildman–Crippen LogP) is 1.20. The highest BCUT2D eigenvalue weighted by atomic mass is 19.1. The molecule has 0 radical (unpaired) electrons. The fourth-order valence-corrected chi connectivity index (χ4v) is 1.40. The van der Waals surface area contributed by atoms with E-state index in [1.807, 2.05) is 0 Å². The first kappa shape index (κ1) is 12.6. The zero-order valence-electron chi connectivity index (χ0n) is 9.59. The van der Waals surface area contributed by atoms with Crippen LogP contribution < -0.4 is 0 Å². The van der Waals surface area contributed by atoms with Gasteiger partial charge in [0.2, 0.25) is 0 Å². The molecule has 2 aromatic rings. The fraction of sp³-hybridized carbons (Fsp3) is 0.0909. The highest BCUT2D eigenvalue weighted by Crippen LogP contribution is 2.18. The number of carbonyl (C=O) groups is 1. The minimum Gasteiger partial charge on any atom is -0.463 e. The monoisotopic (exact) mass is 264 g/mol. The van der Waals surface area contributed by atoms with E-state index in [9.17, 15) is 13.6 Å². The average Bonchev–Trinajstić information content (AvgIpc) is 2.86. The second kappa shape index (κ2) is 4.81. The predicted molar refractivity (Wildman–Crippen MR) is 57.3 cm³/mol. The number of hydrogen-bond donors (Lipinski definition) is 0. The second-order valence-electron chi connectivity index (χ2n) is 3.40. The third kappa shape index (κ3) is 2.26. The molecule has 1 aromatic heterocycles. The summed E-state index contributed by atoms with van der Waals surface area (Å²) in [6.45, 7) is 0. The number of ether oxygens (including phenoxy) is 1. The van der Waals surface area contributed by atoms with Gasteiger partial charge in [-0.15, -0.1) is 5.10 Å². The van der Waals surface area contributed by atoms with Crippen LogP contribution in [-0.2, 0) is 4.74 Å². The maximum atomic E-state index is 13.7. The second-order valence-corrected chi connectivity index (χ2v) is 3.40. The van der Waals surface area contributed by atoms with Gasteiger partial charge < -0.3 is 4.74 Å². The van der Waals surface area contributed by atoms with Gasteiger partial charge in [0.15, 0.2) is 11.6 Å². The Labute approximate surface area is 105 Å². The fourth-order valence-electron chi connectivity index (χ4n) is 1.40. The van der Waals surface area contributed by atoms with E-state index in [4.69, 9.17) is 5.26 Å². The number of benzene rings is 1. The first-order valence-corrected chi connectivity index (χ1v) is 4.96. The van der Waals surface area contributed by atoms with E-state index < -0.39 is 23.3 Å². The Bertz CT molecular complexity index is 667. The summed E-state index contributed by atoms with van der Waals surface area (Å²) in [7, 11) is 1.13. The summed E-state index contributed by atoms with van der Waals surface area (Å²) in [4.78, 5) is 14.7. The van der Waals surface area contributed by atoms with Crippen molar-refractivity contribution in [3.8, 4) is 11.8 Å². The van der Waals surface area contributed by atoms with Gasteiger partial charge in [0.05, 0.1) is 18.7 Å². The van der Waals surface area contributed by atoms with Crippen LogP contribution in [0.4, 0.5) is 8.78 Å². The molecule has 0 amide bonds. The van der Waals surface area contributed by atoms with E-state index in [1.165, 1.54) is 0 Å². The Balaban J connectivity index is 2.51. The molecule has 8 heteroatoms. The minimum absolute atomic E-state index is 0.160. The number of nitriles is 1. The number of methoxy groups -OCH3 is 1. The van der Waals surface area contributed by atoms with Crippen LogP contribution in [0.3, 0.4) is 0 Å². The Morgan fingerprint density at radius 3 is 2.58 bits per heavy atom. The van der Waals surface area contributed by atoms with Crippen LogP contribution >= 0.6 is 0 Å². The molecule has 0 atom stereocenters. The van der Waals surface area contributed by atoms with Gasteiger partial charge in [-0.25, -0.2) is 23.2 Å². The maximum absolute atomic E-state index is 13.7. The number of esters is 1. The Morgan fingerprint density at radius 1 is 1.42 bits per heavy atom. The van der Waals surface area contributed by atoms with E-state index in [2.05, 4.69) is 14.8 Å². The van der Waals surface area contributed by atoms with Crippen LogP contribution in [0.15, 0.2) is 18.5 Å². The summed E-state index contributed by atoms with van der Waals surface area (Å²) in [6.07, 6.45) is 0.972. The SMILES string of the molecule is COC(=O)c1ncn(-c2c(F)cc(C#N)cc2F)n1. The molecule has 1 heterocycles. The number of hydrogen-bond acceptors (Lipinski definition) is 5. The lowest BCUT2D eigenvalue weighted by Crippen LogP contribution is -2.07. The van der Waals surface area contributed by atoms with Crippen molar-refractivity contribution >= 4 is 5.97 Å². The van der Waals surface area contributed by atoms with Crippen LogP contribution in [0.2, 0.25) is 0 Å². The number of rotatable bonds is 2. The highest BCUT2D eigenvalue weighted by Gasteiger charge is 2.17. The third-order valence-electron chi connectivity index (χ3n) is 2.23. The molecule has 19 heavy (non-hydrogen) atoms. The molecule has 0 bridgehead atoms. The van der Waals surface area contributed by atoms with Crippen LogP contribution in [0.1, 0.15) is 16.2 Å². The van der Waals surface area contributed by atoms with Gasteiger partial charge in [-0.1, -0.05) is 0 Å². The van der Waals surface area contributed by atoms with Gasteiger partial charge in [-0.05, 0) is 12.1 Å². The van der Waals surface area contributed by atoms with Crippen molar-refractivity contribution in [2.45, 2.75) is 0 Å². The average molecular weight is 264 g/mol. The van der Waals surface area contributed by atoms with Crippen molar-refractivity contribution in [1.82, 2.24) is 14.8 Å². The minimum atomic E-state index is -0.988. The van der Waals surface area contributed by atoms with Crippen molar-refractivity contribution in [1.29, 1.82) is 5.26 Å². The molecule has 0 N–H and O–H groups in total. The smallest absolute Gasteiger partial charge is 0.377 e. The quantitative estimate of drug-likeness (QED) is 0.761. The van der Waals surface area contributed by atoms with Crippen LogP contribution in [-0.4, -0.2) is 27.8 Å². The van der Waals surface area contributed by atoms with E-state index in [0.717, 1.165) is 30.3 Å². The summed E-state index contributed by atoms with van der Waals surface area (Å²) in [5.41, 5.74) is -0.686. The first-order valence-electron chi connectivity index (χ1n) is 4.96. The topological polar surface area (TPSA) is 80.8 Å². The maximum Gasteiger partial charge on any atom is 0.377 e. The zero-order chi connectivity index (χ0) is 14.0. The van der Waals surface area contributed by atoms with Crippen molar-refractivity contribution in [2.24, 2.45) is 0 Å². The standard InChI is InChI=1S/C11H6F2N4O2/c1-19-11(18)10-15-5-17(16-10)9-7(12)2-6(4-14)3-8(9)13/h2-3,5H,1H3. The van der Waals surface area contributed by atoms with Crippen molar-refractivity contribution in [3.63, 3.8) is 0 Å². The molecule has 0 unspecified atom stereocenters. The van der Waals surface area contributed by atoms with E-state index in [0.29, 0.717) is 0 Å². The molecule has 0 spiro atoms. The lowest BCUT2D eigenvalue weighted by atomic mass is 10.2. The summed E-state index contributed by atoms with van der Waals surface area (Å²) < 4.78 is 32.5. The molecule has 0 fully saturated rings. The van der Waals surface area contributed by atoms with Crippen LogP contribution in [0.25, 0.3) is 5.69 Å². The summed E-state index contributed by atoms with van der Waals surface area (Å²) >= 11 is 0. The van der Waals surface area contributed by atoms with Crippen molar-refractivity contribution in [3.05, 3.63) is 41.5 Å². The molecular weight excluding hydrogens is 258 g/mol. The first-order chi connectivity index (χ1) is 9.06.